The summed E-state index contributed by atoms with van der Waals surface area (Å²) >= 11 is 0. The zero-order valence-corrected chi connectivity index (χ0v) is 13.4. The van der Waals surface area contributed by atoms with Crippen molar-refractivity contribution in [2.75, 3.05) is 27.2 Å². The zero-order chi connectivity index (χ0) is 15.6. The summed E-state index contributed by atoms with van der Waals surface area (Å²) in [6.07, 6.45) is 3.83. The highest BCUT2D eigenvalue weighted by Gasteiger charge is 2.26. The molecule has 1 aliphatic carbocycles. The Morgan fingerprint density at radius 3 is 2.71 bits per heavy atom. The molecule has 1 aromatic heterocycles. The molecule has 1 aromatic rings. The second kappa shape index (κ2) is 6.17. The summed E-state index contributed by atoms with van der Waals surface area (Å²) in [5.41, 5.74) is 0.313. The zero-order valence-electron chi connectivity index (χ0n) is 12.6. The maximum Gasteiger partial charge on any atom is 0.267 e. The number of aryl methyl sites for hydroxylation is 1. The van der Waals surface area contributed by atoms with Gasteiger partial charge < -0.3 is 14.8 Å². The number of rotatable bonds is 7. The summed E-state index contributed by atoms with van der Waals surface area (Å²) in [5.74, 6) is -0.313. The van der Waals surface area contributed by atoms with Gasteiger partial charge in [-0.05, 0) is 26.0 Å². The third-order valence-corrected chi connectivity index (χ3v) is 5.10. The molecule has 0 aliphatic heterocycles. The van der Waals surface area contributed by atoms with E-state index in [1.54, 1.807) is 7.05 Å². The minimum Gasteiger partial charge on any atom is -0.354 e. The molecule has 1 amide bonds. The molecular formula is C13H22N4O3S. The lowest BCUT2D eigenvalue weighted by Gasteiger charge is -2.15. The van der Waals surface area contributed by atoms with Gasteiger partial charge in [0.1, 0.15) is 10.6 Å². The lowest BCUT2D eigenvalue weighted by atomic mass is 10.4. The first-order chi connectivity index (χ1) is 9.85. The van der Waals surface area contributed by atoms with Gasteiger partial charge in [0.25, 0.3) is 5.91 Å². The molecule has 0 unspecified atom stereocenters. The fraction of sp³-hybridized carbons (Fsp3) is 0.615. The van der Waals surface area contributed by atoms with Crippen LogP contribution in [-0.4, -0.2) is 57.0 Å². The molecule has 0 saturated heterocycles. The molecule has 1 saturated carbocycles. The van der Waals surface area contributed by atoms with Crippen LogP contribution in [0.15, 0.2) is 17.2 Å². The third kappa shape index (κ3) is 3.84. The number of amides is 1. The first kappa shape index (κ1) is 16.0. The molecule has 2 N–H and O–H groups in total. The van der Waals surface area contributed by atoms with Gasteiger partial charge in [0.15, 0.2) is 0 Å². The van der Waals surface area contributed by atoms with Gasteiger partial charge >= 0.3 is 0 Å². The van der Waals surface area contributed by atoms with Crippen molar-refractivity contribution in [3.8, 4) is 0 Å². The van der Waals surface area contributed by atoms with Crippen LogP contribution < -0.4 is 10.0 Å². The lowest BCUT2D eigenvalue weighted by Crippen LogP contribution is -2.33. The maximum absolute atomic E-state index is 12.2. The van der Waals surface area contributed by atoms with Gasteiger partial charge in [-0.1, -0.05) is 0 Å². The topological polar surface area (TPSA) is 83.4 Å². The molecule has 21 heavy (non-hydrogen) atoms. The van der Waals surface area contributed by atoms with E-state index in [0.717, 1.165) is 0 Å². The Labute approximate surface area is 125 Å². The molecule has 0 spiro atoms. The van der Waals surface area contributed by atoms with Crippen LogP contribution in [0.4, 0.5) is 0 Å². The average Bonchev–Trinajstić information content (AvgIpc) is 3.20. The van der Waals surface area contributed by atoms with Gasteiger partial charge in [0.2, 0.25) is 10.0 Å². The van der Waals surface area contributed by atoms with Crippen LogP contribution in [0.25, 0.3) is 0 Å². The monoisotopic (exact) mass is 314 g/mol. The molecule has 7 nitrogen and oxygen atoms in total. The minimum absolute atomic E-state index is 0.109. The van der Waals surface area contributed by atoms with Gasteiger partial charge in [-0.15, -0.1) is 0 Å². The normalized spacial score (nSPS) is 15.4. The van der Waals surface area contributed by atoms with E-state index < -0.39 is 10.0 Å². The molecule has 1 heterocycles. The molecule has 8 heteroatoms. The van der Waals surface area contributed by atoms with Crippen molar-refractivity contribution in [3.63, 3.8) is 0 Å². The molecule has 1 fully saturated rings. The van der Waals surface area contributed by atoms with Gasteiger partial charge in [-0.25, -0.2) is 13.1 Å². The largest absolute Gasteiger partial charge is 0.354 e. The number of carbonyl (C=O) groups excluding carboxylic acids is 1. The Bertz CT molecular complexity index is 619. The number of sulfonamides is 1. The number of hydrogen-bond donors (Lipinski definition) is 2. The summed E-state index contributed by atoms with van der Waals surface area (Å²) in [6, 6.07) is 1.98. The summed E-state index contributed by atoms with van der Waals surface area (Å²) in [7, 11) is 1.57. The number of nitrogens with one attached hydrogen (secondary N) is 2. The van der Waals surface area contributed by atoms with Gasteiger partial charge in [-0.3, -0.25) is 4.79 Å². The predicted molar refractivity (Wildman–Crippen MR) is 79.6 cm³/mol. The number of hydrogen-bond acceptors (Lipinski definition) is 4. The van der Waals surface area contributed by atoms with Crippen LogP contribution in [0.3, 0.4) is 0 Å². The highest BCUT2D eigenvalue weighted by atomic mass is 32.2. The number of nitrogens with zero attached hydrogens (tertiary/aromatic N) is 2. The highest BCUT2D eigenvalue weighted by molar-refractivity contribution is 7.89. The first-order valence-electron chi connectivity index (χ1n) is 6.93. The van der Waals surface area contributed by atoms with Gasteiger partial charge in [-0.2, -0.15) is 0 Å². The van der Waals surface area contributed by atoms with Crippen LogP contribution in [-0.2, 0) is 17.1 Å². The van der Waals surface area contributed by atoms with Crippen molar-refractivity contribution >= 4 is 15.9 Å². The fourth-order valence-corrected chi connectivity index (χ4v) is 3.26. The van der Waals surface area contributed by atoms with E-state index in [4.69, 9.17) is 0 Å². The Balaban J connectivity index is 2.00. The van der Waals surface area contributed by atoms with Crippen LogP contribution in [0.2, 0.25) is 0 Å². The summed E-state index contributed by atoms with van der Waals surface area (Å²) in [5, 5.41) is 2.48. The standard InChI is InChI=1S/C13H22N4O3S/c1-14-13(18)12-8-11(9-17(12)3)21(19,20)15-6-7-16(2)10-4-5-10/h8-10,15H,4-7H2,1-3H3,(H,14,18). The Morgan fingerprint density at radius 2 is 2.14 bits per heavy atom. The summed E-state index contributed by atoms with van der Waals surface area (Å²) < 4.78 is 28.5. The molecule has 0 radical (unpaired) electrons. The Hall–Kier alpha value is -1.38. The van der Waals surface area contributed by atoms with E-state index in [0.29, 0.717) is 24.8 Å². The van der Waals surface area contributed by atoms with Crippen molar-refractivity contribution in [2.45, 2.75) is 23.8 Å². The second-order valence-electron chi connectivity index (χ2n) is 5.36. The van der Waals surface area contributed by atoms with E-state index in [1.807, 2.05) is 7.05 Å². The Kier molecular flexibility index (Phi) is 4.70. The van der Waals surface area contributed by atoms with Crippen LogP contribution in [0, 0.1) is 0 Å². The maximum atomic E-state index is 12.2. The first-order valence-corrected chi connectivity index (χ1v) is 8.42. The number of likely N-dealkylation sites (N-methyl/N-ethyl adjacent to an activating group) is 1. The van der Waals surface area contributed by atoms with E-state index >= 15 is 0 Å². The number of carbonyl (C=O) groups is 1. The van der Waals surface area contributed by atoms with E-state index in [2.05, 4.69) is 14.9 Å². The smallest absolute Gasteiger partial charge is 0.267 e. The average molecular weight is 314 g/mol. The van der Waals surface area contributed by atoms with Crippen molar-refractivity contribution in [1.82, 2.24) is 19.5 Å². The van der Waals surface area contributed by atoms with Crippen molar-refractivity contribution < 1.29 is 13.2 Å². The van der Waals surface area contributed by atoms with Crippen molar-refractivity contribution in [2.24, 2.45) is 7.05 Å². The highest BCUT2D eigenvalue weighted by Crippen LogP contribution is 2.24. The summed E-state index contributed by atoms with van der Waals surface area (Å²) in [6.45, 7) is 1.04. The molecule has 0 atom stereocenters. The quantitative estimate of drug-likeness (QED) is 0.727. The third-order valence-electron chi connectivity index (χ3n) is 3.68. The molecular weight excluding hydrogens is 292 g/mol. The minimum atomic E-state index is -3.58. The van der Waals surface area contributed by atoms with Gasteiger partial charge in [0, 0.05) is 39.4 Å². The number of aromatic nitrogens is 1. The van der Waals surface area contributed by atoms with Crippen LogP contribution in [0.5, 0.6) is 0 Å². The van der Waals surface area contributed by atoms with Gasteiger partial charge in [0.05, 0.1) is 0 Å². The molecule has 118 valence electrons. The SMILES string of the molecule is CNC(=O)c1cc(S(=O)(=O)NCCN(C)C2CC2)cn1C. The summed E-state index contributed by atoms with van der Waals surface area (Å²) in [4.78, 5) is 13.9. The van der Waals surface area contributed by atoms with Crippen LogP contribution >= 0.6 is 0 Å². The lowest BCUT2D eigenvalue weighted by molar-refractivity contribution is 0.0955. The second-order valence-corrected chi connectivity index (χ2v) is 7.13. The van der Waals surface area contributed by atoms with E-state index in [1.165, 1.54) is 36.7 Å². The van der Waals surface area contributed by atoms with Crippen LogP contribution in [0.1, 0.15) is 23.3 Å². The molecule has 2 rings (SSSR count). The van der Waals surface area contributed by atoms with Crippen molar-refractivity contribution in [1.29, 1.82) is 0 Å². The van der Waals surface area contributed by atoms with E-state index in [-0.39, 0.29) is 10.8 Å². The fourth-order valence-electron chi connectivity index (χ4n) is 2.17. The molecule has 0 bridgehead atoms. The van der Waals surface area contributed by atoms with E-state index in [9.17, 15) is 13.2 Å². The Morgan fingerprint density at radius 1 is 1.48 bits per heavy atom. The molecule has 1 aliphatic rings. The van der Waals surface area contributed by atoms with Crippen molar-refractivity contribution in [3.05, 3.63) is 18.0 Å². The predicted octanol–water partition coefficient (Wildman–Crippen LogP) is -0.243. The molecule has 0 aromatic carbocycles.